The van der Waals surface area contributed by atoms with E-state index in [-0.39, 0.29) is 35.9 Å². The molecule has 0 amide bonds. The minimum Gasteiger partial charge on any atom is -0.395 e. The first-order valence-corrected chi connectivity index (χ1v) is 5.05. The maximum absolute atomic E-state index is 12.9. The van der Waals surface area contributed by atoms with E-state index in [0.29, 0.717) is 5.56 Å². The van der Waals surface area contributed by atoms with Gasteiger partial charge < -0.3 is 15.2 Å². The molecule has 0 aromatic heterocycles. The van der Waals surface area contributed by atoms with Gasteiger partial charge in [-0.15, -0.1) is 21.2 Å². The second kappa shape index (κ2) is 4.66. The molecule has 6 heteroatoms. The molecule has 1 aromatic carbocycles. The van der Waals surface area contributed by atoms with Crippen molar-refractivity contribution < 1.29 is 18.3 Å². The maximum Gasteiger partial charge on any atom is 0.586 e. The number of rotatable bonds is 2. The molecule has 0 saturated heterocycles. The predicted molar refractivity (Wildman–Crippen MR) is 61.7 cm³/mol. The second-order valence-corrected chi connectivity index (χ2v) is 4.11. The Morgan fingerprint density at radius 3 is 2.47 bits per heavy atom. The average molecular weight is 266 g/mol. The van der Waals surface area contributed by atoms with Crippen LogP contribution in [0.25, 0.3) is 0 Å². The number of fused-ring (bicyclic) bond motifs is 1. The molecule has 1 aromatic rings. The fourth-order valence-corrected chi connectivity index (χ4v) is 1.61. The number of para-hydroxylation sites is 1. The van der Waals surface area contributed by atoms with E-state index in [2.05, 4.69) is 9.47 Å². The average Bonchev–Trinajstić information content (AvgIpc) is 2.49. The zero-order valence-corrected chi connectivity index (χ0v) is 10.3. The Morgan fingerprint density at radius 2 is 1.88 bits per heavy atom. The van der Waals surface area contributed by atoms with Crippen LogP contribution in [-0.4, -0.2) is 6.29 Å². The van der Waals surface area contributed by atoms with Gasteiger partial charge in [-0.1, -0.05) is 26.0 Å². The van der Waals surface area contributed by atoms with Gasteiger partial charge in [0.05, 0.1) is 0 Å². The van der Waals surface area contributed by atoms with E-state index in [1.165, 1.54) is 6.07 Å². The number of nitrogens with two attached hydrogens (primary N) is 1. The number of alkyl halides is 2. The first-order valence-electron chi connectivity index (χ1n) is 5.05. The van der Waals surface area contributed by atoms with Crippen molar-refractivity contribution in [2.45, 2.75) is 26.2 Å². The molecule has 0 bridgehead atoms. The highest BCUT2D eigenvalue weighted by atomic mass is 35.5. The normalized spacial score (nSPS) is 17.8. The molecular formula is C11H14ClF2NO2. The van der Waals surface area contributed by atoms with Gasteiger partial charge in [-0.05, 0) is 12.0 Å². The molecule has 1 aliphatic rings. The third kappa shape index (κ3) is 2.61. The number of benzene rings is 1. The predicted octanol–water partition coefficient (Wildman–Crippen LogP) is 3.09. The molecule has 3 nitrogen and oxygen atoms in total. The van der Waals surface area contributed by atoms with Crippen LogP contribution < -0.4 is 15.2 Å². The zero-order valence-electron chi connectivity index (χ0n) is 9.44. The topological polar surface area (TPSA) is 44.5 Å². The Balaban J connectivity index is 0.00000144. The van der Waals surface area contributed by atoms with Crippen molar-refractivity contribution in [3.8, 4) is 11.5 Å². The van der Waals surface area contributed by atoms with Crippen molar-refractivity contribution in [1.82, 2.24) is 0 Å². The van der Waals surface area contributed by atoms with Crippen molar-refractivity contribution >= 4 is 12.4 Å². The minimum atomic E-state index is -3.59. The molecule has 1 aliphatic heterocycles. The molecule has 1 heterocycles. The fraction of sp³-hybridized carbons (Fsp3) is 0.455. The van der Waals surface area contributed by atoms with Gasteiger partial charge in [-0.2, -0.15) is 0 Å². The van der Waals surface area contributed by atoms with Gasteiger partial charge in [0.25, 0.3) is 0 Å². The number of hydrogen-bond donors (Lipinski definition) is 1. The third-order valence-electron chi connectivity index (χ3n) is 2.54. The number of hydrogen-bond acceptors (Lipinski definition) is 3. The van der Waals surface area contributed by atoms with E-state index in [9.17, 15) is 8.78 Å². The lowest BCUT2D eigenvalue weighted by Gasteiger charge is -2.17. The monoisotopic (exact) mass is 265 g/mol. The number of halogens is 3. The van der Waals surface area contributed by atoms with E-state index in [0.717, 1.165) is 0 Å². The first-order chi connectivity index (χ1) is 7.41. The van der Waals surface area contributed by atoms with Gasteiger partial charge in [-0.3, -0.25) is 0 Å². The molecule has 2 N–H and O–H groups in total. The molecular weight excluding hydrogens is 252 g/mol. The summed E-state index contributed by atoms with van der Waals surface area (Å²) in [7, 11) is 0. The molecule has 0 saturated carbocycles. The maximum atomic E-state index is 12.9. The van der Waals surface area contributed by atoms with Gasteiger partial charge >= 0.3 is 6.29 Å². The summed E-state index contributed by atoms with van der Waals surface area (Å²) in [5.41, 5.74) is 6.46. The van der Waals surface area contributed by atoms with Crippen molar-refractivity contribution in [2.24, 2.45) is 11.7 Å². The summed E-state index contributed by atoms with van der Waals surface area (Å²) in [6.45, 7) is 3.83. The lowest BCUT2D eigenvalue weighted by atomic mass is 9.96. The van der Waals surface area contributed by atoms with Crippen LogP contribution in [0.1, 0.15) is 25.5 Å². The summed E-state index contributed by atoms with van der Waals surface area (Å²) in [6.07, 6.45) is -3.59. The Morgan fingerprint density at radius 1 is 1.24 bits per heavy atom. The van der Waals surface area contributed by atoms with Crippen molar-refractivity contribution in [2.75, 3.05) is 0 Å². The quantitative estimate of drug-likeness (QED) is 0.894. The molecule has 2 rings (SSSR count). The van der Waals surface area contributed by atoms with E-state index in [4.69, 9.17) is 5.73 Å². The Bertz CT molecular complexity index is 412. The van der Waals surface area contributed by atoms with Crippen LogP contribution in [-0.2, 0) is 0 Å². The van der Waals surface area contributed by atoms with Crippen LogP contribution in [0.5, 0.6) is 11.5 Å². The highest BCUT2D eigenvalue weighted by Gasteiger charge is 2.45. The Kier molecular flexibility index (Phi) is 3.84. The van der Waals surface area contributed by atoms with E-state index in [1.807, 2.05) is 13.8 Å². The van der Waals surface area contributed by atoms with Crippen LogP contribution in [0, 0.1) is 5.92 Å². The van der Waals surface area contributed by atoms with Crippen LogP contribution in [0.3, 0.4) is 0 Å². The van der Waals surface area contributed by atoms with Crippen LogP contribution in [0.2, 0.25) is 0 Å². The smallest absolute Gasteiger partial charge is 0.395 e. The van der Waals surface area contributed by atoms with E-state index in [1.54, 1.807) is 12.1 Å². The van der Waals surface area contributed by atoms with Gasteiger partial charge in [0.15, 0.2) is 11.5 Å². The molecule has 1 atom stereocenters. The Labute approximate surface area is 104 Å². The van der Waals surface area contributed by atoms with Crippen LogP contribution >= 0.6 is 12.4 Å². The zero-order chi connectivity index (χ0) is 11.9. The van der Waals surface area contributed by atoms with Gasteiger partial charge in [0, 0.05) is 11.6 Å². The SMILES string of the molecule is CC(C)[C@@H](N)c1cccc2c1OC(F)(F)O2.Cl. The molecule has 0 radical (unpaired) electrons. The summed E-state index contributed by atoms with van der Waals surface area (Å²) < 4.78 is 34.6. The molecule has 0 spiro atoms. The van der Waals surface area contributed by atoms with Gasteiger partial charge in [0.1, 0.15) is 0 Å². The molecule has 0 unspecified atom stereocenters. The Hall–Kier alpha value is -1.07. The largest absolute Gasteiger partial charge is 0.586 e. The molecule has 17 heavy (non-hydrogen) atoms. The summed E-state index contributed by atoms with van der Waals surface area (Å²) in [6, 6.07) is 4.38. The highest BCUT2D eigenvalue weighted by molar-refractivity contribution is 5.85. The van der Waals surface area contributed by atoms with Gasteiger partial charge in [-0.25, -0.2) is 0 Å². The first kappa shape index (κ1) is 14.0. The van der Waals surface area contributed by atoms with Crippen molar-refractivity contribution in [1.29, 1.82) is 0 Å². The highest BCUT2D eigenvalue weighted by Crippen LogP contribution is 2.45. The minimum absolute atomic E-state index is 0. The van der Waals surface area contributed by atoms with Crippen LogP contribution in [0.4, 0.5) is 8.78 Å². The summed E-state index contributed by atoms with van der Waals surface area (Å²) >= 11 is 0. The molecule has 96 valence electrons. The third-order valence-corrected chi connectivity index (χ3v) is 2.54. The standard InChI is InChI=1S/C11H13F2NO2.ClH/c1-6(2)9(14)7-4-3-5-8-10(7)16-11(12,13)15-8;/h3-6,9H,14H2,1-2H3;1H/t9-;/m1./s1. The van der Waals surface area contributed by atoms with Crippen LogP contribution in [0.15, 0.2) is 18.2 Å². The fourth-order valence-electron chi connectivity index (χ4n) is 1.61. The van der Waals surface area contributed by atoms with E-state index >= 15 is 0 Å². The van der Waals surface area contributed by atoms with Crippen molar-refractivity contribution in [3.63, 3.8) is 0 Å². The summed E-state index contributed by atoms with van der Waals surface area (Å²) in [5.74, 6) is 0.219. The summed E-state index contributed by atoms with van der Waals surface area (Å²) in [4.78, 5) is 0. The van der Waals surface area contributed by atoms with E-state index < -0.39 is 6.29 Å². The lowest BCUT2D eigenvalue weighted by molar-refractivity contribution is -0.287. The number of ether oxygens (including phenoxy) is 2. The van der Waals surface area contributed by atoms with Crippen molar-refractivity contribution in [3.05, 3.63) is 23.8 Å². The van der Waals surface area contributed by atoms with Gasteiger partial charge in [0.2, 0.25) is 0 Å². The molecule has 0 fully saturated rings. The second-order valence-electron chi connectivity index (χ2n) is 4.11. The molecule has 0 aliphatic carbocycles. The lowest BCUT2D eigenvalue weighted by Crippen LogP contribution is -2.26. The summed E-state index contributed by atoms with van der Waals surface area (Å²) in [5, 5.41) is 0.